The van der Waals surface area contributed by atoms with Crippen LogP contribution in [-0.2, 0) is 0 Å². The fourth-order valence-corrected chi connectivity index (χ4v) is 4.43. The molecule has 0 atom stereocenters. The maximum Gasteiger partial charge on any atom is 0.414 e. The first-order valence-electron chi connectivity index (χ1n) is 14.6. The Kier molecular flexibility index (Phi) is 11.6. The van der Waals surface area contributed by atoms with Crippen LogP contribution in [0, 0.1) is 0 Å². The number of hydrogen-bond acceptors (Lipinski definition) is 7. The molecule has 0 fully saturated rings. The molecular weight excluding hydrogens is 560 g/mol. The number of aromatic hydroxyl groups is 1. The number of hydrogen-bond donors (Lipinski definition) is 2. The Morgan fingerprint density at radius 1 is 0.864 bits per heavy atom. The van der Waals surface area contributed by atoms with Crippen LogP contribution in [0.3, 0.4) is 0 Å². The average molecular weight is 605 g/mol. The van der Waals surface area contributed by atoms with Crippen molar-refractivity contribution in [3.8, 4) is 17.2 Å². The minimum atomic E-state index is -0.634. The minimum Gasteiger partial charge on any atom is -0.506 e. The lowest BCUT2D eigenvalue weighted by molar-refractivity contribution is 0.0990. The number of carbonyl (C=O) groups excluding carboxylic acids is 3. The number of nitrogens with zero attached hydrogens (tertiary/aromatic N) is 3. The predicted molar refractivity (Wildman–Crippen MR) is 174 cm³/mol. The number of rotatable bonds is 10. The van der Waals surface area contributed by atoms with Crippen molar-refractivity contribution >= 4 is 35.2 Å². The highest BCUT2D eigenvalue weighted by Gasteiger charge is 2.31. The number of phenols is 1. The first-order valence-corrected chi connectivity index (χ1v) is 14.6. The molecular formula is C34H44N4O6. The number of ether oxygens (including phenoxy) is 2. The van der Waals surface area contributed by atoms with Gasteiger partial charge in [0.05, 0.1) is 16.9 Å². The van der Waals surface area contributed by atoms with Gasteiger partial charge in [0.2, 0.25) is 0 Å². The topological polar surface area (TPSA) is 112 Å². The van der Waals surface area contributed by atoms with E-state index in [-0.39, 0.29) is 46.6 Å². The molecule has 10 heteroatoms. The smallest absolute Gasteiger partial charge is 0.414 e. The quantitative estimate of drug-likeness (QED) is 0.212. The number of anilines is 3. The molecule has 0 spiro atoms. The van der Waals surface area contributed by atoms with Crippen LogP contribution in [0.15, 0.2) is 65.3 Å². The second-order valence-electron chi connectivity index (χ2n) is 11.5. The predicted octanol–water partition coefficient (Wildman–Crippen LogP) is 7.64. The second-order valence-corrected chi connectivity index (χ2v) is 11.5. The Labute approximate surface area is 260 Å². The van der Waals surface area contributed by atoms with Crippen molar-refractivity contribution < 1.29 is 29.0 Å². The molecule has 3 amide bonds. The van der Waals surface area contributed by atoms with Crippen molar-refractivity contribution in [2.45, 2.75) is 53.4 Å². The van der Waals surface area contributed by atoms with E-state index in [1.54, 1.807) is 46.4 Å². The third kappa shape index (κ3) is 8.89. The maximum atomic E-state index is 14.1. The van der Waals surface area contributed by atoms with Crippen LogP contribution in [0.2, 0.25) is 0 Å². The van der Waals surface area contributed by atoms with Gasteiger partial charge in [-0.3, -0.25) is 4.79 Å². The first-order chi connectivity index (χ1) is 20.8. The number of para-hydroxylation sites is 1. The number of nitrogens with one attached hydrogen (secondary N) is 1. The van der Waals surface area contributed by atoms with Gasteiger partial charge in [0, 0.05) is 46.9 Å². The van der Waals surface area contributed by atoms with Crippen LogP contribution < -0.4 is 19.7 Å². The van der Waals surface area contributed by atoms with Crippen molar-refractivity contribution in [3.05, 3.63) is 70.8 Å². The van der Waals surface area contributed by atoms with Gasteiger partial charge in [-0.2, -0.15) is 0 Å². The number of allylic oxidation sites excluding steroid dienone is 5. The molecule has 0 aliphatic carbocycles. The van der Waals surface area contributed by atoms with E-state index in [0.717, 1.165) is 31.3 Å². The molecule has 236 valence electrons. The highest BCUT2D eigenvalue weighted by atomic mass is 16.6. The Bertz CT molecular complexity index is 1480. The number of amides is 3. The lowest BCUT2D eigenvalue weighted by Gasteiger charge is -2.23. The van der Waals surface area contributed by atoms with Crippen molar-refractivity contribution in [1.29, 1.82) is 0 Å². The Morgan fingerprint density at radius 2 is 1.48 bits per heavy atom. The van der Waals surface area contributed by atoms with Crippen molar-refractivity contribution in [2.24, 2.45) is 0 Å². The summed E-state index contributed by atoms with van der Waals surface area (Å²) in [4.78, 5) is 42.8. The van der Waals surface area contributed by atoms with E-state index in [4.69, 9.17) is 9.47 Å². The van der Waals surface area contributed by atoms with Gasteiger partial charge in [-0.1, -0.05) is 41.0 Å². The van der Waals surface area contributed by atoms with E-state index in [9.17, 15) is 19.5 Å². The molecule has 0 saturated carbocycles. The summed E-state index contributed by atoms with van der Waals surface area (Å²) in [5, 5.41) is 14.2. The zero-order valence-electron chi connectivity index (χ0n) is 27.0. The minimum absolute atomic E-state index is 0.0687. The fourth-order valence-electron chi connectivity index (χ4n) is 4.43. The van der Waals surface area contributed by atoms with Crippen molar-refractivity contribution in [1.82, 2.24) is 9.80 Å². The van der Waals surface area contributed by atoms with E-state index < -0.39 is 12.2 Å². The molecule has 0 bridgehead atoms. The molecule has 2 aromatic carbocycles. The Hall–Kier alpha value is -4.73. The SMILES string of the molecule is CC(C)=CCCC(C)=CCCC(C)=CCN1C(=O)c2cccc(OC(=O)N(C)C)c2Nc2c(O)cc(OC(=O)N(C)C)cc21. The standard InChI is InChI=1S/C34H44N4O6/c1-22(2)12-9-13-23(3)14-10-15-24(4)18-19-38-27-20-25(43-33(41)36(5)6)21-28(39)31(27)35-30-26(32(38)40)16-11-17-29(30)44-34(42)37(7)8/h11-12,14,16-18,20-21,35,39H,9-10,13,15,19H2,1-8H3. The van der Waals surface area contributed by atoms with Crippen LogP contribution in [0.1, 0.15) is 63.7 Å². The summed E-state index contributed by atoms with van der Waals surface area (Å²) in [6.07, 6.45) is 8.96. The number of carbonyl (C=O) groups is 3. The summed E-state index contributed by atoms with van der Waals surface area (Å²) in [6.45, 7) is 8.56. The Morgan fingerprint density at radius 3 is 2.11 bits per heavy atom. The lowest BCUT2D eigenvalue weighted by Crippen LogP contribution is -2.31. The molecule has 44 heavy (non-hydrogen) atoms. The summed E-state index contributed by atoms with van der Waals surface area (Å²) in [7, 11) is 6.20. The molecule has 10 nitrogen and oxygen atoms in total. The van der Waals surface area contributed by atoms with Crippen molar-refractivity contribution in [2.75, 3.05) is 45.0 Å². The van der Waals surface area contributed by atoms with Gasteiger partial charge in [0.1, 0.15) is 17.2 Å². The molecule has 0 aromatic heterocycles. The zero-order chi connectivity index (χ0) is 32.6. The van der Waals surface area contributed by atoms with Gasteiger partial charge >= 0.3 is 12.2 Å². The Balaban J connectivity index is 1.98. The summed E-state index contributed by atoms with van der Waals surface area (Å²) >= 11 is 0. The fraction of sp³-hybridized carbons (Fsp3) is 0.382. The van der Waals surface area contributed by atoms with Gasteiger partial charge in [-0.25, -0.2) is 9.59 Å². The summed E-state index contributed by atoms with van der Waals surface area (Å²) < 4.78 is 11.0. The van der Waals surface area contributed by atoms with Crippen molar-refractivity contribution in [3.63, 3.8) is 0 Å². The van der Waals surface area contributed by atoms with Gasteiger partial charge in [0.25, 0.3) is 5.91 Å². The van der Waals surface area contributed by atoms with Gasteiger partial charge in [0.15, 0.2) is 5.75 Å². The van der Waals surface area contributed by atoms with E-state index in [0.29, 0.717) is 5.69 Å². The molecule has 3 rings (SSSR count). The molecule has 1 aliphatic heterocycles. The zero-order valence-corrected chi connectivity index (χ0v) is 27.0. The van der Waals surface area contributed by atoms with Crippen LogP contribution in [0.4, 0.5) is 26.7 Å². The van der Waals surface area contributed by atoms with Crippen LogP contribution >= 0.6 is 0 Å². The first kappa shape index (κ1) is 33.8. The molecule has 2 N–H and O–H groups in total. The third-order valence-corrected chi connectivity index (χ3v) is 6.99. The van der Waals surface area contributed by atoms with E-state index >= 15 is 0 Å². The summed E-state index contributed by atoms with van der Waals surface area (Å²) in [5.41, 5.74) is 4.75. The number of phenolic OH excluding ortho intramolecular Hbond substituents is 1. The highest BCUT2D eigenvalue weighted by molar-refractivity contribution is 6.15. The average Bonchev–Trinajstić information content (AvgIpc) is 3.06. The van der Waals surface area contributed by atoms with Gasteiger partial charge < -0.3 is 34.6 Å². The molecule has 0 unspecified atom stereocenters. The third-order valence-electron chi connectivity index (χ3n) is 6.99. The summed E-state index contributed by atoms with van der Waals surface area (Å²) in [5.74, 6) is -0.441. The molecule has 1 aliphatic rings. The van der Waals surface area contributed by atoms with E-state index in [2.05, 4.69) is 38.2 Å². The number of fused-ring (bicyclic) bond motifs is 2. The molecule has 0 radical (unpaired) electrons. The van der Waals surface area contributed by atoms with Gasteiger partial charge in [-0.15, -0.1) is 0 Å². The monoisotopic (exact) mass is 604 g/mol. The molecule has 0 saturated heterocycles. The van der Waals surface area contributed by atoms with E-state index in [1.165, 1.54) is 38.0 Å². The van der Waals surface area contributed by atoms with E-state index in [1.807, 2.05) is 13.0 Å². The maximum absolute atomic E-state index is 14.1. The van der Waals surface area contributed by atoms with Crippen LogP contribution in [0.25, 0.3) is 0 Å². The largest absolute Gasteiger partial charge is 0.506 e. The summed E-state index contributed by atoms with van der Waals surface area (Å²) in [6, 6.07) is 7.64. The normalized spacial score (nSPS) is 12.8. The highest BCUT2D eigenvalue weighted by Crippen LogP contribution is 2.46. The van der Waals surface area contributed by atoms with Gasteiger partial charge in [-0.05, 0) is 65.5 Å². The molecule has 2 aromatic rings. The van der Waals surface area contributed by atoms with Crippen LogP contribution in [-0.4, -0.2) is 67.7 Å². The molecule has 1 heterocycles. The lowest BCUT2D eigenvalue weighted by atomic mass is 10.1. The second kappa shape index (κ2) is 15.1. The number of benzene rings is 2. The van der Waals surface area contributed by atoms with Crippen LogP contribution in [0.5, 0.6) is 17.2 Å².